The number of nitrogens with one attached hydrogen (secondary N) is 1. The van der Waals surface area contributed by atoms with E-state index in [4.69, 9.17) is 5.84 Å². The summed E-state index contributed by atoms with van der Waals surface area (Å²) in [6.45, 7) is 5.50. The molecule has 106 valence electrons. The molecular weight excluding hydrogens is 259 g/mol. The van der Waals surface area contributed by atoms with E-state index in [-0.39, 0.29) is 11.8 Å². The van der Waals surface area contributed by atoms with Gasteiger partial charge in [0.2, 0.25) is 5.95 Å². The van der Waals surface area contributed by atoms with E-state index in [1.165, 1.54) is 0 Å². The fourth-order valence-electron chi connectivity index (χ4n) is 2.12. The maximum atomic E-state index is 12.7. The molecule has 1 aliphatic rings. The van der Waals surface area contributed by atoms with E-state index in [0.29, 0.717) is 24.9 Å². The fourth-order valence-corrected chi connectivity index (χ4v) is 2.12. The molecule has 0 aliphatic carbocycles. The molecule has 1 fully saturated rings. The summed E-state index contributed by atoms with van der Waals surface area (Å²) >= 11 is 0. The van der Waals surface area contributed by atoms with Crippen LogP contribution in [-0.4, -0.2) is 23.1 Å². The van der Waals surface area contributed by atoms with Gasteiger partial charge in [0.1, 0.15) is 5.82 Å². The van der Waals surface area contributed by atoms with Crippen LogP contribution in [0.3, 0.4) is 0 Å². The number of hydrogen-bond donors (Lipinski definition) is 2. The van der Waals surface area contributed by atoms with E-state index in [1.807, 2.05) is 4.90 Å². The third-order valence-electron chi connectivity index (χ3n) is 3.44. The summed E-state index contributed by atoms with van der Waals surface area (Å²) in [5, 5.41) is 0. The smallest absolute Gasteiger partial charge is 0.356 e. The number of nitrogens with two attached hydrogens (primary N) is 1. The van der Waals surface area contributed by atoms with Gasteiger partial charge in [-0.1, -0.05) is 13.8 Å². The zero-order valence-electron chi connectivity index (χ0n) is 10.7. The number of aromatic nitrogens is 2. The molecule has 0 radical (unpaired) electrons. The maximum Gasteiger partial charge on any atom is 0.433 e. The monoisotopic (exact) mass is 275 g/mol. The van der Waals surface area contributed by atoms with Crippen LogP contribution in [0.5, 0.6) is 0 Å². The van der Waals surface area contributed by atoms with E-state index in [9.17, 15) is 13.2 Å². The molecule has 8 heteroatoms. The van der Waals surface area contributed by atoms with Gasteiger partial charge in [0.25, 0.3) is 0 Å². The molecule has 3 N–H and O–H groups in total. The average Bonchev–Trinajstić information content (AvgIpc) is 2.68. The van der Waals surface area contributed by atoms with Crippen LogP contribution in [-0.2, 0) is 6.18 Å². The molecule has 1 aromatic rings. The zero-order chi connectivity index (χ0) is 14.2. The second-order valence-electron chi connectivity index (χ2n) is 4.94. The average molecular weight is 275 g/mol. The summed E-state index contributed by atoms with van der Waals surface area (Å²) in [7, 11) is 0. The standard InChI is InChI=1S/C11H16F3N5/c1-6-4-19(5-7(6)2)9-3-8(11(12,13)14)16-10(17-9)18-15/h3,6-7H,4-5,15H2,1-2H3,(H,16,17,18). The molecule has 0 saturated carbocycles. The first-order chi connectivity index (χ1) is 8.81. The number of nitrogens with zero attached hydrogens (tertiary/aromatic N) is 3. The highest BCUT2D eigenvalue weighted by molar-refractivity contribution is 5.46. The van der Waals surface area contributed by atoms with Crippen molar-refractivity contribution in [2.24, 2.45) is 17.7 Å². The highest BCUT2D eigenvalue weighted by Gasteiger charge is 2.35. The summed E-state index contributed by atoms with van der Waals surface area (Å²) in [4.78, 5) is 9.16. The van der Waals surface area contributed by atoms with Crippen LogP contribution in [0.25, 0.3) is 0 Å². The predicted molar refractivity (Wildman–Crippen MR) is 65.4 cm³/mol. The lowest BCUT2D eigenvalue weighted by Gasteiger charge is -2.19. The Hall–Kier alpha value is -1.57. The normalized spacial score (nSPS) is 23.8. The van der Waals surface area contributed by atoms with Crippen LogP contribution in [0, 0.1) is 11.8 Å². The van der Waals surface area contributed by atoms with Crippen LogP contribution in [0.4, 0.5) is 24.9 Å². The second kappa shape index (κ2) is 4.84. The van der Waals surface area contributed by atoms with E-state index in [2.05, 4.69) is 29.2 Å². The highest BCUT2D eigenvalue weighted by atomic mass is 19.4. The van der Waals surface area contributed by atoms with Crippen molar-refractivity contribution in [3.05, 3.63) is 11.8 Å². The van der Waals surface area contributed by atoms with Crippen LogP contribution < -0.4 is 16.2 Å². The Morgan fingerprint density at radius 2 is 1.84 bits per heavy atom. The fraction of sp³-hybridized carbons (Fsp3) is 0.636. The molecule has 0 amide bonds. The molecule has 0 aromatic carbocycles. The lowest BCUT2D eigenvalue weighted by molar-refractivity contribution is -0.141. The zero-order valence-corrected chi connectivity index (χ0v) is 10.7. The summed E-state index contributed by atoms with van der Waals surface area (Å²) in [6.07, 6.45) is -4.51. The Morgan fingerprint density at radius 3 is 2.32 bits per heavy atom. The molecule has 0 spiro atoms. The van der Waals surface area contributed by atoms with Gasteiger partial charge in [0.05, 0.1) is 0 Å². The number of hydrogen-bond acceptors (Lipinski definition) is 5. The molecule has 1 saturated heterocycles. The molecule has 2 atom stereocenters. The number of halogens is 3. The molecule has 2 rings (SSSR count). The van der Waals surface area contributed by atoms with Crippen LogP contribution in [0.1, 0.15) is 19.5 Å². The lowest BCUT2D eigenvalue weighted by Crippen LogP contribution is -2.24. The third kappa shape index (κ3) is 2.89. The van der Waals surface area contributed by atoms with Crippen LogP contribution in [0.15, 0.2) is 6.07 Å². The Kier molecular flexibility index (Phi) is 3.53. The van der Waals surface area contributed by atoms with Gasteiger partial charge in [-0.2, -0.15) is 18.2 Å². The van der Waals surface area contributed by atoms with Crippen LogP contribution >= 0.6 is 0 Å². The van der Waals surface area contributed by atoms with Gasteiger partial charge < -0.3 is 4.90 Å². The minimum atomic E-state index is -4.51. The van der Waals surface area contributed by atoms with Gasteiger partial charge in [-0.15, -0.1) is 0 Å². The first kappa shape index (κ1) is 13.9. The van der Waals surface area contributed by atoms with Crippen molar-refractivity contribution in [1.82, 2.24) is 9.97 Å². The quantitative estimate of drug-likeness (QED) is 0.637. The molecule has 2 unspecified atom stereocenters. The van der Waals surface area contributed by atoms with Gasteiger partial charge in [-0.05, 0) is 11.8 Å². The molecule has 1 aliphatic heterocycles. The van der Waals surface area contributed by atoms with E-state index in [1.54, 1.807) is 0 Å². The van der Waals surface area contributed by atoms with Gasteiger partial charge in [-0.3, -0.25) is 5.43 Å². The molecule has 0 bridgehead atoms. The Balaban J connectivity index is 2.35. The molecule has 19 heavy (non-hydrogen) atoms. The van der Waals surface area contributed by atoms with Crippen molar-refractivity contribution < 1.29 is 13.2 Å². The Bertz CT molecular complexity index is 452. The SMILES string of the molecule is CC1CN(c2cc(C(F)(F)F)nc(NN)n2)CC1C. The molecular formula is C11H16F3N5. The van der Waals surface area contributed by atoms with Gasteiger partial charge >= 0.3 is 6.18 Å². The van der Waals surface area contributed by atoms with Crippen molar-refractivity contribution >= 4 is 11.8 Å². The van der Waals surface area contributed by atoms with E-state index < -0.39 is 11.9 Å². The van der Waals surface area contributed by atoms with Gasteiger partial charge in [0, 0.05) is 19.2 Å². The number of nitrogen functional groups attached to an aromatic ring is 1. The summed E-state index contributed by atoms with van der Waals surface area (Å²) < 4.78 is 38.2. The minimum Gasteiger partial charge on any atom is -0.356 e. The van der Waals surface area contributed by atoms with Crippen molar-refractivity contribution in [2.75, 3.05) is 23.4 Å². The minimum absolute atomic E-state index is 0.225. The second-order valence-corrected chi connectivity index (χ2v) is 4.94. The van der Waals surface area contributed by atoms with Crippen molar-refractivity contribution in [3.8, 4) is 0 Å². The molecule has 1 aromatic heterocycles. The third-order valence-corrected chi connectivity index (χ3v) is 3.44. The first-order valence-electron chi connectivity index (χ1n) is 5.99. The van der Waals surface area contributed by atoms with Crippen molar-refractivity contribution in [1.29, 1.82) is 0 Å². The van der Waals surface area contributed by atoms with Gasteiger partial charge in [0.15, 0.2) is 5.69 Å². The largest absolute Gasteiger partial charge is 0.433 e. The topological polar surface area (TPSA) is 67.1 Å². The maximum absolute atomic E-state index is 12.7. The van der Waals surface area contributed by atoms with Crippen molar-refractivity contribution in [2.45, 2.75) is 20.0 Å². The Labute approximate surface area is 109 Å². The molecule has 5 nitrogen and oxygen atoms in total. The number of alkyl halides is 3. The number of rotatable bonds is 2. The lowest BCUT2D eigenvalue weighted by atomic mass is 10.0. The summed E-state index contributed by atoms with van der Waals surface area (Å²) in [5.41, 5.74) is 1.09. The highest BCUT2D eigenvalue weighted by Crippen LogP contribution is 2.32. The van der Waals surface area contributed by atoms with E-state index >= 15 is 0 Å². The van der Waals surface area contributed by atoms with Crippen molar-refractivity contribution in [3.63, 3.8) is 0 Å². The summed E-state index contributed by atoms with van der Waals surface area (Å²) in [6, 6.07) is 0.964. The summed E-state index contributed by atoms with van der Waals surface area (Å²) in [5.74, 6) is 5.99. The molecule has 2 heterocycles. The van der Waals surface area contributed by atoms with E-state index in [0.717, 1.165) is 6.07 Å². The number of hydrazine groups is 1. The first-order valence-corrected chi connectivity index (χ1v) is 5.99. The predicted octanol–water partition coefficient (Wildman–Crippen LogP) is 1.87. The van der Waals surface area contributed by atoms with Crippen LogP contribution in [0.2, 0.25) is 0 Å². The number of anilines is 2. The van der Waals surface area contributed by atoms with Gasteiger partial charge in [-0.25, -0.2) is 10.8 Å². The Morgan fingerprint density at radius 1 is 1.26 bits per heavy atom.